The molecule has 0 amide bonds. The summed E-state index contributed by atoms with van der Waals surface area (Å²) in [6.45, 7) is 1.65. The number of hydrogen-bond donors (Lipinski definition) is 1. The Morgan fingerprint density at radius 2 is 2.13 bits per heavy atom. The third-order valence-corrected chi connectivity index (χ3v) is 6.05. The molecule has 8 heteroatoms. The van der Waals surface area contributed by atoms with E-state index in [-0.39, 0.29) is 29.2 Å². The molecule has 1 atom stereocenters. The molecule has 2 aromatic rings. The summed E-state index contributed by atoms with van der Waals surface area (Å²) in [6.07, 6.45) is 1.52. The zero-order chi connectivity index (χ0) is 16.8. The van der Waals surface area contributed by atoms with Crippen LogP contribution in [0.25, 0.3) is 11.0 Å². The van der Waals surface area contributed by atoms with Crippen molar-refractivity contribution in [3.05, 3.63) is 29.6 Å². The first-order chi connectivity index (χ1) is 10.8. The number of benzene rings is 1. The van der Waals surface area contributed by atoms with Gasteiger partial charge in [-0.1, -0.05) is 0 Å². The number of hydrogen-bond acceptors (Lipinski definition) is 4. The number of carbonyl (C=O) groups is 1. The maximum atomic E-state index is 13.4. The number of halogens is 1. The van der Waals surface area contributed by atoms with Gasteiger partial charge in [0.2, 0.25) is 5.09 Å². The predicted octanol–water partition coefficient (Wildman–Crippen LogP) is 2.51. The van der Waals surface area contributed by atoms with E-state index in [0.717, 1.165) is 4.31 Å². The van der Waals surface area contributed by atoms with Gasteiger partial charge >= 0.3 is 5.97 Å². The molecule has 0 saturated carbocycles. The van der Waals surface area contributed by atoms with Crippen LogP contribution in [0.15, 0.2) is 27.7 Å². The lowest BCUT2D eigenvalue weighted by Gasteiger charge is -2.31. The number of piperidine rings is 1. The molecule has 0 aliphatic carbocycles. The molecule has 0 bridgehead atoms. The van der Waals surface area contributed by atoms with Crippen LogP contribution in [-0.2, 0) is 14.8 Å². The summed E-state index contributed by atoms with van der Waals surface area (Å²) in [7, 11) is -4.10. The minimum Gasteiger partial charge on any atom is -0.480 e. The van der Waals surface area contributed by atoms with Gasteiger partial charge in [0.15, 0.2) is 0 Å². The Kier molecular flexibility index (Phi) is 3.89. The minimum absolute atomic E-state index is 0.129. The van der Waals surface area contributed by atoms with E-state index >= 15 is 0 Å². The van der Waals surface area contributed by atoms with Gasteiger partial charge in [0.25, 0.3) is 10.0 Å². The lowest BCUT2D eigenvalue weighted by molar-refractivity contribution is -0.142. The van der Waals surface area contributed by atoms with E-state index in [2.05, 4.69) is 0 Å². The van der Waals surface area contributed by atoms with Crippen LogP contribution < -0.4 is 0 Å². The first kappa shape index (κ1) is 15.9. The average molecular weight is 341 g/mol. The van der Waals surface area contributed by atoms with E-state index < -0.39 is 27.9 Å². The van der Waals surface area contributed by atoms with E-state index in [4.69, 9.17) is 4.42 Å². The Labute approximate surface area is 132 Å². The molecule has 2 heterocycles. The van der Waals surface area contributed by atoms with Crippen LogP contribution in [0.2, 0.25) is 0 Å². The number of nitrogens with zero attached hydrogens (tertiary/aromatic N) is 1. The topological polar surface area (TPSA) is 87.8 Å². The molecule has 1 fully saturated rings. The van der Waals surface area contributed by atoms with Crippen LogP contribution in [-0.4, -0.2) is 36.4 Å². The number of sulfonamides is 1. The van der Waals surface area contributed by atoms with Gasteiger partial charge in [-0.25, -0.2) is 12.8 Å². The van der Waals surface area contributed by atoms with Gasteiger partial charge in [-0.3, -0.25) is 4.79 Å². The first-order valence-electron chi connectivity index (χ1n) is 7.25. The fourth-order valence-electron chi connectivity index (χ4n) is 2.96. The Morgan fingerprint density at radius 1 is 1.39 bits per heavy atom. The van der Waals surface area contributed by atoms with Crippen LogP contribution in [0, 0.1) is 12.7 Å². The zero-order valence-electron chi connectivity index (χ0n) is 12.5. The molecule has 1 aromatic heterocycles. The Hall–Kier alpha value is -1.93. The molecule has 0 radical (unpaired) electrons. The molecule has 0 unspecified atom stereocenters. The summed E-state index contributed by atoms with van der Waals surface area (Å²) in [6, 6.07) is 2.65. The molecule has 0 spiro atoms. The zero-order valence-corrected chi connectivity index (χ0v) is 13.3. The number of carboxylic acid groups (broad SMARTS) is 1. The number of furan rings is 1. The normalized spacial score (nSPS) is 20.0. The number of carboxylic acids is 1. The van der Waals surface area contributed by atoms with Crippen molar-refractivity contribution in [3.8, 4) is 0 Å². The molecule has 6 nitrogen and oxygen atoms in total. The van der Waals surface area contributed by atoms with Crippen molar-refractivity contribution in [1.29, 1.82) is 0 Å². The molecular weight excluding hydrogens is 325 g/mol. The lowest BCUT2D eigenvalue weighted by Crippen LogP contribution is -2.47. The lowest BCUT2D eigenvalue weighted by atomic mass is 10.1. The highest BCUT2D eigenvalue weighted by Gasteiger charge is 2.40. The third-order valence-electron chi connectivity index (χ3n) is 4.14. The van der Waals surface area contributed by atoms with Crippen molar-refractivity contribution >= 4 is 27.0 Å². The standard InChI is InChI=1S/C15H16FNO5S/c1-9-11-8-10(16)5-6-13(11)22-15(9)23(20,21)17-7-3-2-4-12(17)14(18)19/h5-6,8,12H,2-4,7H2,1H3,(H,18,19)/t12-/m0/s1. The molecule has 1 aliphatic rings. The summed E-state index contributed by atoms with van der Waals surface area (Å²) in [4.78, 5) is 11.4. The molecule has 23 heavy (non-hydrogen) atoms. The highest BCUT2D eigenvalue weighted by molar-refractivity contribution is 7.89. The Bertz CT molecular complexity index is 873. The second-order valence-corrected chi connectivity index (χ2v) is 7.41. The van der Waals surface area contributed by atoms with Gasteiger partial charge in [-0.05, 0) is 44.4 Å². The molecule has 1 aromatic carbocycles. The maximum Gasteiger partial charge on any atom is 0.322 e. The van der Waals surface area contributed by atoms with E-state index in [1.165, 1.54) is 25.1 Å². The molecule has 3 rings (SSSR count). The minimum atomic E-state index is -4.10. The largest absolute Gasteiger partial charge is 0.480 e. The SMILES string of the molecule is Cc1c(S(=O)(=O)N2CCCC[C@H]2C(=O)O)oc2ccc(F)cc12. The highest BCUT2D eigenvalue weighted by Crippen LogP contribution is 2.33. The summed E-state index contributed by atoms with van der Waals surface area (Å²) in [5.74, 6) is -1.67. The van der Waals surface area contributed by atoms with Gasteiger partial charge in [0.1, 0.15) is 17.4 Å². The van der Waals surface area contributed by atoms with Crippen LogP contribution in [0.1, 0.15) is 24.8 Å². The quantitative estimate of drug-likeness (QED) is 0.927. The van der Waals surface area contributed by atoms with Crippen LogP contribution in [0.5, 0.6) is 0 Å². The molecule has 1 N–H and O–H groups in total. The van der Waals surface area contributed by atoms with Crippen molar-refractivity contribution < 1.29 is 27.1 Å². The van der Waals surface area contributed by atoms with Gasteiger partial charge in [0.05, 0.1) is 0 Å². The monoisotopic (exact) mass is 341 g/mol. The van der Waals surface area contributed by atoms with Gasteiger partial charge < -0.3 is 9.52 Å². The van der Waals surface area contributed by atoms with E-state index in [1.807, 2.05) is 0 Å². The second-order valence-electron chi connectivity index (χ2n) is 5.62. The summed E-state index contributed by atoms with van der Waals surface area (Å²) in [5.41, 5.74) is 0.542. The fourth-order valence-corrected chi connectivity index (χ4v) is 4.77. The van der Waals surface area contributed by atoms with Crippen molar-refractivity contribution in [2.75, 3.05) is 6.54 Å². The Morgan fingerprint density at radius 3 is 2.83 bits per heavy atom. The third kappa shape index (κ3) is 2.61. The van der Waals surface area contributed by atoms with Gasteiger partial charge in [0, 0.05) is 17.5 Å². The van der Waals surface area contributed by atoms with Crippen LogP contribution in [0.4, 0.5) is 4.39 Å². The van der Waals surface area contributed by atoms with Gasteiger partial charge in [-0.2, -0.15) is 4.31 Å². The smallest absolute Gasteiger partial charge is 0.322 e. The maximum absolute atomic E-state index is 13.4. The molecular formula is C15H16FNO5S. The number of rotatable bonds is 3. The van der Waals surface area contributed by atoms with Crippen molar-refractivity contribution in [2.24, 2.45) is 0 Å². The Balaban J connectivity index is 2.12. The second kappa shape index (κ2) is 5.61. The first-order valence-corrected chi connectivity index (χ1v) is 8.69. The van der Waals surface area contributed by atoms with Crippen molar-refractivity contribution in [1.82, 2.24) is 4.31 Å². The fraction of sp³-hybridized carbons (Fsp3) is 0.400. The highest BCUT2D eigenvalue weighted by atomic mass is 32.2. The summed E-state index contributed by atoms with van der Waals surface area (Å²) in [5, 5.41) is 9.33. The molecule has 124 valence electrons. The number of fused-ring (bicyclic) bond motifs is 1. The number of aryl methyl sites for hydroxylation is 1. The molecule has 1 saturated heterocycles. The van der Waals surface area contributed by atoms with E-state index in [9.17, 15) is 22.7 Å². The van der Waals surface area contributed by atoms with E-state index in [1.54, 1.807) is 0 Å². The predicted molar refractivity (Wildman–Crippen MR) is 80.1 cm³/mol. The van der Waals surface area contributed by atoms with Crippen molar-refractivity contribution in [3.63, 3.8) is 0 Å². The average Bonchev–Trinajstić information content (AvgIpc) is 2.85. The van der Waals surface area contributed by atoms with Crippen LogP contribution in [0.3, 0.4) is 0 Å². The van der Waals surface area contributed by atoms with Gasteiger partial charge in [-0.15, -0.1) is 0 Å². The van der Waals surface area contributed by atoms with E-state index in [0.29, 0.717) is 18.2 Å². The number of aliphatic carboxylic acids is 1. The summed E-state index contributed by atoms with van der Waals surface area (Å²) < 4.78 is 45.5. The summed E-state index contributed by atoms with van der Waals surface area (Å²) >= 11 is 0. The van der Waals surface area contributed by atoms with Crippen LogP contribution >= 0.6 is 0 Å². The van der Waals surface area contributed by atoms with Crippen molar-refractivity contribution in [2.45, 2.75) is 37.3 Å². The molecule has 1 aliphatic heterocycles.